The molecular formula is C24H23OS+. The molecule has 1 atom stereocenters. The molecule has 26 heavy (non-hydrogen) atoms. The standard InChI is InChI=1S/C24H23OS/c1-4-7-21(25)18-12-13-23-20(15-18)19-8-5-6-9-22(19)26(23)24-14-16(2)10-11-17(24)3/h5-6,8-15H,4,7H2,1-3H3/q+1. The van der Waals surface area contributed by atoms with Gasteiger partial charge >= 0.3 is 0 Å². The Hall–Kier alpha value is -2.45. The van der Waals surface area contributed by atoms with Gasteiger partial charge in [-0.1, -0.05) is 31.2 Å². The molecule has 0 fully saturated rings. The molecule has 1 heterocycles. The number of carbonyl (C=O) groups is 1. The van der Waals surface area contributed by atoms with Crippen molar-refractivity contribution in [1.82, 2.24) is 0 Å². The van der Waals surface area contributed by atoms with Crippen molar-refractivity contribution in [3.8, 4) is 4.90 Å². The second-order valence-electron chi connectivity index (χ2n) is 6.96. The minimum absolute atomic E-state index is 0.0989. The molecular weight excluding hydrogens is 336 g/mol. The molecule has 0 radical (unpaired) electrons. The van der Waals surface area contributed by atoms with E-state index in [1.54, 1.807) is 0 Å². The van der Waals surface area contributed by atoms with Crippen molar-refractivity contribution in [2.75, 3.05) is 0 Å². The summed E-state index contributed by atoms with van der Waals surface area (Å²) in [6.07, 6.45) is 1.50. The largest absolute Gasteiger partial charge is 0.294 e. The number of fused-ring (bicyclic) bond motifs is 3. The van der Waals surface area contributed by atoms with Crippen LogP contribution in [0.5, 0.6) is 0 Å². The fourth-order valence-corrected chi connectivity index (χ4v) is 6.22. The number of Topliss-reactive ketones (excluding diaryl/α,β-unsaturated/α-hetero) is 1. The molecule has 0 saturated carbocycles. The smallest absolute Gasteiger partial charge is 0.187 e. The van der Waals surface area contributed by atoms with Crippen LogP contribution in [0, 0.1) is 13.8 Å². The predicted molar refractivity (Wildman–Crippen MR) is 114 cm³/mol. The Kier molecular flexibility index (Phi) is 4.37. The van der Waals surface area contributed by atoms with E-state index in [2.05, 4.69) is 75.4 Å². The van der Waals surface area contributed by atoms with Crippen molar-refractivity contribution >= 4 is 36.4 Å². The van der Waals surface area contributed by atoms with Crippen LogP contribution in [0.4, 0.5) is 0 Å². The molecule has 130 valence electrons. The van der Waals surface area contributed by atoms with Crippen LogP contribution < -0.4 is 0 Å². The summed E-state index contributed by atoms with van der Waals surface area (Å²) in [5, 5.41) is 2.50. The average Bonchev–Trinajstić information content (AvgIpc) is 2.97. The summed E-state index contributed by atoms with van der Waals surface area (Å²) < 4.78 is 2.71. The fourth-order valence-electron chi connectivity index (χ4n) is 3.61. The first-order chi connectivity index (χ1) is 12.6. The number of thiophene rings is 1. The molecule has 0 saturated heterocycles. The van der Waals surface area contributed by atoms with E-state index in [-0.39, 0.29) is 16.3 Å². The SMILES string of the molecule is CCCC(=O)c1ccc2c(c1)c1ccccc1[s+]2-c1cc(C)ccc1C. The van der Waals surface area contributed by atoms with Gasteiger partial charge in [-0.3, -0.25) is 4.79 Å². The lowest BCUT2D eigenvalue weighted by Gasteiger charge is -2.01. The summed E-state index contributed by atoms with van der Waals surface area (Å²) in [4.78, 5) is 13.8. The van der Waals surface area contributed by atoms with E-state index in [9.17, 15) is 4.79 Å². The second-order valence-corrected chi connectivity index (χ2v) is 8.89. The third-order valence-corrected chi connectivity index (χ3v) is 7.43. The van der Waals surface area contributed by atoms with Crippen molar-refractivity contribution in [2.45, 2.75) is 33.6 Å². The molecule has 0 aliphatic rings. The van der Waals surface area contributed by atoms with Gasteiger partial charge in [0.15, 0.2) is 20.1 Å². The lowest BCUT2D eigenvalue weighted by atomic mass is 10.0. The van der Waals surface area contributed by atoms with Crippen LogP contribution in [-0.2, 0) is 0 Å². The highest BCUT2D eigenvalue weighted by Crippen LogP contribution is 2.49. The third-order valence-electron chi connectivity index (χ3n) is 4.96. The van der Waals surface area contributed by atoms with Gasteiger partial charge in [0.05, 0.1) is 0 Å². The molecule has 0 spiro atoms. The molecule has 4 rings (SSSR count). The Morgan fingerprint density at radius 3 is 2.46 bits per heavy atom. The second kappa shape index (κ2) is 6.69. The molecule has 0 aliphatic heterocycles. The number of hydrogen-bond acceptors (Lipinski definition) is 1. The Labute approximate surface area is 157 Å². The van der Waals surface area contributed by atoms with E-state index in [1.165, 1.54) is 36.2 Å². The van der Waals surface area contributed by atoms with Gasteiger partial charge in [-0.15, -0.1) is 0 Å². The topological polar surface area (TPSA) is 17.1 Å². The van der Waals surface area contributed by atoms with E-state index >= 15 is 0 Å². The third kappa shape index (κ3) is 2.75. The predicted octanol–water partition coefficient (Wildman–Crippen LogP) is 7.33. The molecule has 1 nitrogen and oxygen atoms in total. The minimum atomic E-state index is -0.0989. The molecule has 0 amide bonds. The van der Waals surface area contributed by atoms with Crippen molar-refractivity contribution in [1.29, 1.82) is 0 Å². The van der Waals surface area contributed by atoms with Gasteiger partial charge in [0.1, 0.15) is 0 Å². The number of hydrogen-bond donors (Lipinski definition) is 0. The van der Waals surface area contributed by atoms with Crippen molar-refractivity contribution in [3.05, 3.63) is 77.4 Å². The van der Waals surface area contributed by atoms with Gasteiger partial charge < -0.3 is 0 Å². The van der Waals surface area contributed by atoms with Gasteiger partial charge in [0, 0.05) is 44.9 Å². The lowest BCUT2D eigenvalue weighted by Crippen LogP contribution is -1.97. The number of ketones is 1. The summed E-state index contributed by atoms with van der Waals surface area (Å²) in [5.41, 5.74) is 3.46. The maximum absolute atomic E-state index is 12.4. The monoisotopic (exact) mass is 359 g/mol. The van der Waals surface area contributed by atoms with Crippen molar-refractivity contribution in [3.63, 3.8) is 0 Å². The van der Waals surface area contributed by atoms with E-state index in [4.69, 9.17) is 0 Å². The quantitative estimate of drug-likeness (QED) is 0.275. The van der Waals surface area contributed by atoms with Crippen LogP contribution in [0.2, 0.25) is 0 Å². The van der Waals surface area contributed by atoms with Gasteiger partial charge in [0.2, 0.25) is 0 Å². The van der Waals surface area contributed by atoms with Gasteiger partial charge in [0.25, 0.3) is 0 Å². The number of benzene rings is 3. The molecule has 0 N–H and O–H groups in total. The van der Waals surface area contributed by atoms with Gasteiger partial charge in [-0.25, -0.2) is 0 Å². The van der Waals surface area contributed by atoms with Gasteiger partial charge in [-0.2, -0.15) is 0 Å². The van der Waals surface area contributed by atoms with Gasteiger partial charge in [-0.05, 0) is 56.2 Å². The highest BCUT2D eigenvalue weighted by atomic mass is 32.2. The Bertz CT molecular complexity index is 1130. The van der Waals surface area contributed by atoms with E-state index in [1.807, 2.05) is 6.07 Å². The van der Waals surface area contributed by atoms with Crippen LogP contribution in [0.3, 0.4) is 0 Å². The van der Waals surface area contributed by atoms with E-state index in [0.29, 0.717) is 6.42 Å². The molecule has 0 aliphatic carbocycles. The summed E-state index contributed by atoms with van der Waals surface area (Å²) in [5.74, 6) is 0.242. The van der Waals surface area contributed by atoms with Crippen LogP contribution in [0.15, 0.2) is 60.7 Å². The minimum Gasteiger partial charge on any atom is -0.294 e. The maximum Gasteiger partial charge on any atom is 0.187 e. The van der Waals surface area contributed by atoms with Crippen LogP contribution in [0.25, 0.3) is 25.1 Å². The van der Waals surface area contributed by atoms with Crippen LogP contribution in [0.1, 0.15) is 41.3 Å². The zero-order chi connectivity index (χ0) is 18.3. The summed E-state index contributed by atoms with van der Waals surface area (Å²) in [6, 6.07) is 21.7. The molecule has 0 bridgehead atoms. The molecule has 1 aromatic heterocycles. The Balaban J connectivity index is 2.06. The normalized spacial score (nSPS) is 12.0. The Morgan fingerprint density at radius 2 is 1.65 bits per heavy atom. The van der Waals surface area contributed by atoms with E-state index < -0.39 is 0 Å². The first-order valence-electron chi connectivity index (χ1n) is 9.18. The summed E-state index contributed by atoms with van der Waals surface area (Å²) in [6.45, 7) is 6.40. The first kappa shape index (κ1) is 17.0. The summed E-state index contributed by atoms with van der Waals surface area (Å²) >= 11 is 0. The molecule has 2 heteroatoms. The molecule has 1 unspecified atom stereocenters. The van der Waals surface area contributed by atoms with Crippen LogP contribution in [-0.4, -0.2) is 5.78 Å². The number of rotatable bonds is 4. The fraction of sp³-hybridized carbons (Fsp3) is 0.208. The molecule has 4 aromatic rings. The average molecular weight is 360 g/mol. The number of carbonyl (C=O) groups excluding carboxylic acids is 1. The van der Waals surface area contributed by atoms with Crippen molar-refractivity contribution in [2.24, 2.45) is 0 Å². The molecule has 3 aromatic carbocycles. The zero-order valence-electron chi connectivity index (χ0n) is 15.5. The van der Waals surface area contributed by atoms with E-state index in [0.717, 1.165) is 12.0 Å². The Morgan fingerprint density at radius 1 is 0.885 bits per heavy atom. The zero-order valence-corrected chi connectivity index (χ0v) is 16.3. The summed E-state index contributed by atoms with van der Waals surface area (Å²) in [7, 11) is -0.0989. The highest BCUT2D eigenvalue weighted by Gasteiger charge is 2.25. The van der Waals surface area contributed by atoms with Crippen molar-refractivity contribution < 1.29 is 4.79 Å². The first-order valence-corrected chi connectivity index (χ1v) is 10.4. The maximum atomic E-state index is 12.4. The lowest BCUT2D eigenvalue weighted by molar-refractivity contribution is 0.0982. The highest BCUT2D eigenvalue weighted by molar-refractivity contribution is 7.50. The van der Waals surface area contributed by atoms with Crippen LogP contribution >= 0.6 is 10.5 Å². The number of aryl methyl sites for hydroxylation is 2.